The fraction of sp³-hybridized carbons (Fsp3) is 0.115. The lowest BCUT2D eigenvalue weighted by atomic mass is 9.95. The summed E-state index contributed by atoms with van der Waals surface area (Å²) in [5.41, 5.74) is 4.30. The number of nitrogens with zero attached hydrogens (tertiary/aromatic N) is 4. The molecule has 0 amide bonds. The molecule has 1 aliphatic rings. The SMILES string of the molecule is [C-]#[N+]/C(C#N)=C(/C(C#N)=C/C=C/C=C1\Oc2ccc(C)cc2N1C)c1ccc(C)cc1. The summed E-state index contributed by atoms with van der Waals surface area (Å²) in [7, 11) is 1.93. The third-order valence-electron chi connectivity index (χ3n) is 4.82. The van der Waals surface area contributed by atoms with E-state index in [9.17, 15) is 10.5 Å². The van der Waals surface area contributed by atoms with E-state index in [-0.39, 0.29) is 11.3 Å². The molecule has 0 aliphatic carbocycles. The van der Waals surface area contributed by atoms with Crippen LogP contribution in [0, 0.1) is 43.1 Å². The predicted molar refractivity (Wildman–Crippen MR) is 121 cm³/mol. The number of aryl methyl sites for hydroxylation is 2. The van der Waals surface area contributed by atoms with Crippen LogP contribution in [-0.4, -0.2) is 7.05 Å². The minimum atomic E-state index is -0.118. The number of hydrogen-bond acceptors (Lipinski definition) is 4. The minimum absolute atomic E-state index is 0.118. The van der Waals surface area contributed by atoms with Gasteiger partial charge in [0.1, 0.15) is 0 Å². The van der Waals surface area contributed by atoms with Gasteiger partial charge in [0.15, 0.2) is 11.6 Å². The average molecular weight is 404 g/mol. The van der Waals surface area contributed by atoms with Crippen LogP contribution in [0.4, 0.5) is 5.69 Å². The van der Waals surface area contributed by atoms with Crippen molar-refractivity contribution < 1.29 is 4.74 Å². The third kappa shape index (κ3) is 4.56. The van der Waals surface area contributed by atoms with Gasteiger partial charge in [-0.25, -0.2) is 10.1 Å². The maximum atomic E-state index is 9.70. The Hall–Kier alpha value is -4.53. The lowest BCUT2D eigenvalue weighted by molar-refractivity contribution is 0.444. The highest BCUT2D eigenvalue weighted by atomic mass is 16.5. The van der Waals surface area contributed by atoms with Gasteiger partial charge in [-0.2, -0.15) is 5.26 Å². The summed E-state index contributed by atoms with van der Waals surface area (Å²) in [5, 5.41) is 19.1. The Bertz CT molecular complexity index is 1240. The topological polar surface area (TPSA) is 64.4 Å². The van der Waals surface area contributed by atoms with Crippen LogP contribution in [0.5, 0.6) is 5.75 Å². The molecule has 0 atom stereocenters. The fourth-order valence-electron chi connectivity index (χ4n) is 3.16. The molecule has 3 rings (SSSR count). The van der Waals surface area contributed by atoms with Crippen LogP contribution in [0.15, 0.2) is 83.9 Å². The smallest absolute Gasteiger partial charge is 0.270 e. The van der Waals surface area contributed by atoms with Crippen LogP contribution >= 0.6 is 0 Å². The largest absolute Gasteiger partial charge is 0.439 e. The van der Waals surface area contributed by atoms with E-state index in [1.54, 1.807) is 24.3 Å². The molecule has 2 aromatic carbocycles. The van der Waals surface area contributed by atoms with Crippen molar-refractivity contribution in [3.05, 3.63) is 112 Å². The van der Waals surface area contributed by atoms with Gasteiger partial charge in [0.2, 0.25) is 0 Å². The van der Waals surface area contributed by atoms with Crippen molar-refractivity contribution in [2.75, 3.05) is 11.9 Å². The zero-order chi connectivity index (χ0) is 22.4. The van der Waals surface area contributed by atoms with E-state index in [0.29, 0.717) is 17.0 Å². The second kappa shape index (κ2) is 9.31. The molecule has 0 bridgehead atoms. The molecule has 5 nitrogen and oxygen atoms in total. The molecule has 5 heteroatoms. The summed E-state index contributed by atoms with van der Waals surface area (Å²) in [6.07, 6.45) is 6.86. The van der Waals surface area contributed by atoms with Gasteiger partial charge in [0, 0.05) is 12.6 Å². The van der Waals surface area contributed by atoms with Gasteiger partial charge < -0.3 is 9.64 Å². The number of rotatable bonds is 4. The van der Waals surface area contributed by atoms with Gasteiger partial charge >= 0.3 is 0 Å². The van der Waals surface area contributed by atoms with Crippen molar-refractivity contribution in [3.63, 3.8) is 0 Å². The first-order chi connectivity index (χ1) is 15.0. The molecule has 31 heavy (non-hydrogen) atoms. The highest BCUT2D eigenvalue weighted by Gasteiger charge is 2.22. The molecule has 2 aromatic rings. The fourth-order valence-corrected chi connectivity index (χ4v) is 3.16. The molecule has 150 valence electrons. The number of anilines is 1. The first kappa shape index (κ1) is 21.2. The first-order valence-corrected chi connectivity index (χ1v) is 9.58. The van der Waals surface area contributed by atoms with E-state index >= 15 is 0 Å². The van der Waals surface area contributed by atoms with Crippen LogP contribution in [0.3, 0.4) is 0 Å². The second-order valence-corrected chi connectivity index (χ2v) is 7.03. The summed E-state index contributed by atoms with van der Waals surface area (Å²) in [4.78, 5) is 5.27. The van der Waals surface area contributed by atoms with E-state index in [0.717, 1.165) is 22.6 Å². The van der Waals surface area contributed by atoms with Crippen molar-refractivity contribution in [1.82, 2.24) is 0 Å². The lowest BCUT2D eigenvalue weighted by Gasteiger charge is -2.10. The maximum Gasteiger partial charge on any atom is 0.270 e. The third-order valence-corrected chi connectivity index (χ3v) is 4.82. The molecule has 0 saturated heterocycles. The minimum Gasteiger partial charge on any atom is -0.439 e. The highest BCUT2D eigenvalue weighted by Crippen LogP contribution is 2.38. The summed E-state index contributed by atoms with van der Waals surface area (Å²) in [6, 6.07) is 17.4. The predicted octanol–water partition coefficient (Wildman–Crippen LogP) is 5.83. The molecule has 0 fully saturated rings. The lowest BCUT2D eigenvalue weighted by Crippen LogP contribution is -2.12. The average Bonchev–Trinajstić information content (AvgIpc) is 3.08. The number of benzene rings is 2. The van der Waals surface area contributed by atoms with Crippen molar-refractivity contribution in [3.8, 4) is 17.9 Å². The highest BCUT2D eigenvalue weighted by molar-refractivity contribution is 5.88. The first-order valence-electron chi connectivity index (χ1n) is 9.58. The van der Waals surface area contributed by atoms with E-state index in [1.807, 2.05) is 68.3 Å². The van der Waals surface area contributed by atoms with Gasteiger partial charge in [-0.1, -0.05) is 48.0 Å². The summed E-state index contributed by atoms with van der Waals surface area (Å²) in [6.45, 7) is 11.3. The number of ether oxygens (including phenoxy) is 1. The number of hydrogen-bond donors (Lipinski definition) is 0. The Kier molecular flexibility index (Phi) is 6.36. The standard InChI is InChI=1S/C26H20N4O/c1-18-9-12-20(13-10-18)26(22(17-28)29-3)21(16-27)7-5-6-8-25-30(4)23-15-19(2)11-14-24(23)31-25/h5-15H,1-2,4H3/b6-5+,21-7+,25-8-,26-22+. The van der Waals surface area contributed by atoms with Gasteiger partial charge in [-0.15, -0.1) is 0 Å². The molecule has 1 aliphatic heterocycles. The van der Waals surface area contributed by atoms with Gasteiger partial charge in [-0.05, 0) is 49.3 Å². The zero-order valence-corrected chi connectivity index (χ0v) is 17.5. The number of nitriles is 2. The molecule has 0 saturated carbocycles. The monoisotopic (exact) mass is 404 g/mol. The van der Waals surface area contributed by atoms with E-state index in [2.05, 4.69) is 17.0 Å². The van der Waals surface area contributed by atoms with Crippen molar-refractivity contribution in [2.24, 2.45) is 0 Å². The quantitative estimate of drug-likeness (QED) is 0.365. The Balaban J connectivity index is 1.91. The summed E-state index contributed by atoms with van der Waals surface area (Å²) >= 11 is 0. The van der Waals surface area contributed by atoms with Crippen LogP contribution in [0.25, 0.3) is 10.4 Å². The molecule has 1 heterocycles. The Morgan fingerprint density at radius 1 is 1.03 bits per heavy atom. The van der Waals surface area contributed by atoms with Gasteiger partial charge in [0.05, 0.1) is 30.0 Å². The molecular formula is C26H20N4O. The van der Waals surface area contributed by atoms with Crippen LogP contribution in [-0.2, 0) is 0 Å². The molecule has 0 radical (unpaired) electrons. The number of fused-ring (bicyclic) bond motifs is 1. The molecule has 0 aromatic heterocycles. The van der Waals surface area contributed by atoms with Crippen molar-refractivity contribution in [1.29, 1.82) is 10.5 Å². The van der Waals surface area contributed by atoms with Gasteiger partial charge in [-0.3, -0.25) is 0 Å². The number of allylic oxidation sites excluding steroid dienone is 7. The van der Waals surface area contributed by atoms with Gasteiger partial charge in [0.25, 0.3) is 5.70 Å². The maximum absolute atomic E-state index is 9.70. The second-order valence-electron chi connectivity index (χ2n) is 7.03. The summed E-state index contributed by atoms with van der Waals surface area (Å²) < 4.78 is 5.87. The molecular weight excluding hydrogens is 384 g/mol. The molecule has 0 unspecified atom stereocenters. The van der Waals surface area contributed by atoms with E-state index < -0.39 is 0 Å². The van der Waals surface area contributed by atoms with Crippen molar-refractivity contribution >= 4 is 11.3 Å². The normalized spacial score (nSPS) is 15.0. The zero-order valence-electron chi connectivity index (χ0n) is 17.5. The van der Waals surface area contributed by atoms with Crippen molar-refractivity contribution in [2.45, 2.75) is 13.8 Å². The van der Waals surface area contributed by atoms with Crippen LogP contribution in [0.2, 0.25) is 0 Å². The Morgan fingerprint density at radius 2 is 1.74 bits per heavy atom. The van der Waals surface area contributed by atoms with Crippen LogP contribution in [0.1, 0.15) is 16.7 Å². The summed E-state index contributed by atoms with van der Waals surface area (Å²) in [5.74, 6) is 1.46. The van der Waals surface area contributed by atoms with E-state index in [4.69, 9.17) is 11.3 Å². The van der Waals surface area contributed by atoms with Crippen LogP contribution < -0.4 is 9.64 Å². The Labute approximate surface area is 182 Å². The molecule has 0 N–H and O–H groups in total. The Morgan fingerprint density at radius 3 is 2.39 bits per heavy atom. The molecule has 0 spiro atoms. The van der Waals surface area contributed by atoms with E-state index in [1.165, 1.54) is 0 Å².